The molecule has 4 fully saturated rings. The van der Waals surface area contributed by atoms with Crippen molar-refractivity contribution >= 4 is 11.8 Å². The van der Waals surface area contributed by atoms with Gasteiger partial charge in [-0.15, -0.1) is 0 Å². The number of carbonyl (C=O) groups excluding carboxylic acids is 2. The molecule has 3 atom stereocenters. The smallest absolute Gasteiger partial charge is 0.258 e. The van der Waals surface area contributed by atoms with Crippen LogP contribution < -0.4 is 15.4 Å². The highest BCUT2D eigenvalue weighted by molar-refractivity contribution is 5.96. The Bertz CT molecular complexity index is 884. The van der Waals surface area contributed by atoms with Crippen LogP contribution in [0.2, 0.25) is 0 Å². The third-order valence-corrected chi connectivity index (χ3v) is 9.21. The molecule has 8 heteroatoms. The van der Waals surface area contributed by atoms with Crippen molar-refractivity contribution in [2.24, 2.45) is 23.7 Å². The number of hydrogen-bond acceptors (Lipinski definition) is 5. The molecule has 3 saturated carbocycles. The molecule has 200 valence electrons. The van der Waals surface area contributed by atoms with Crippen molar-refractivity contribution in [3.05, 3.63) is 11.8 Å². The number of rotatable bonds is 9. The maximum atomic E-state index is 13.5. The minimum atomic E-state index is -0.0821. The summed E-state index contributed by atoms with van der Waals surface area (Å²) in [6, 6.07) is 0.147. The van der Waals surface area contributed by atoms with Gasteiger partial charge in [0.1, 0.15) is 5.56 Å². The van der Waals surface area contributed by atoms with Gasteiger partial charge in [0, 0.05) is 25.7 Å². The van der Waals surface area contributed by atoms with Crippen molar-refractivity contribution in [3.8, 4) is 5.88 Å². The van der Waals surface area contributed by atoms with E-state index in [1.54, 1.807) is 10.9 Å². The molecule has 0 spiro atoms. The molecule has 0 radical (unpaired) electrons. The zero-order chi connectivity index (χ0) is 24.9. The molecular weight excluding hydrogens is 454 g/mol. The first-order chi connectivity index (χ1) is 17.6. The summed E-state index contributed by atoms with van der Waals surface area (Å²) in [5, 5.41) is 11.0. The van der Waals surface area contributed by atoms with Crippen LogP contribution in [0.25, 0.3) is 0 Å². The van der Waals surface area contributed by atoms with Crippen LogP contribution in [0, 0.1) is 23.7 Å². The van der Waals surface area contributed by atoms with Gasteiger partial charge in [-0.1, -0.05) is 38.5 Å². The van der Waals surface area contributed by atoms with Gasteiger partial charge in [-0.25, -0.2) is 4.68 Å². The summed E-state index contributed by atoms with van der Waals surface area (Å²) in [5.41, 5.74) is 0.528. The molecule has 1 saturated heterocycles. The maximum absolute atomic E-state index is 13.5. The van der Waals surface area contributed by atoms with E-state index in [9.17, 15) is 9.59 Å². The Morgan fingerprint density at radius 1 is 1.11 bits per heavy atom. The lowest BCUT2D eigenvalue weighted by Crippen LogP contribution is -2.49. The fourth-order valence-electron chi connectivity index (χ4n) is 7.08. The quantitative estimate of drug-likeness (QED) is 0.542. The van der Waals surface area contributed by atoms with Crippen molar-refractivity contribution in [1.82, 2.24) is 25.3 Å². The number of fused-ring (bicyclic) bond motifs is 2. The highest BCUT2D eigenvalue weighted by Crippen LogP contribution is 2.43. The molecular formula is C28H45N5O3. The first kappa shape index (κ1) is 25.6. The molecule has 1 aromatic heterocycles. The number of ether oxygens (including phenoxy) is 1. The molecule has 2 amide bonds. The third-order valence-electron chi connectivity index (χ3n) is 9.21. The first-order valence-corrected chi connectivity index (χ1v) is 14.5. The van der Waals surface area contributed by atoms with Crippen LogP contribution in [0.1, 0.15) is 87.9 Å². The van der Waals surface area contributed by atoms with Crippen molar-refractivity contribution in [2.75, 3.05) is 32.8 Å². The maximum Gasteiger partial charge on any atom is 0.258 e. The molecule has 2 heterocycles. The van der Waals surface area contributed by atoms with Crippen LogP contribution >= 0.6 is 0 Å². The van der Waals surface area contributed by atoms with E-state index >= 15 is 0 Å². The van der Waals surface area contributed by atoms with E-state index in [2.05, 4.69) is 22.7 Å². The molecule has 4 aliphatic rings. The molecule has 3 aliphatic carbocycles. The molecule has 8 nitrogen and oxygen atoms in total. The number of aromatic nitrogens is 2. The molecule has 0 aromatic carbocycles. The van der Waals surface area contributed by atoms with Crippen molar-refractivity contribution in [3.63, 3.8) is 0 Å². The Labute approximate surface area is 215 Å². The average Bonchev–Trinajstić information content (AvgIpc) is 3.30. The highest BCUT2D eigenvalue weighted by atomic mass is 16.5. The fourth-order valence-corrected chi connectivity index (χ4v) is 7.08. The van der Waals surface area contributed by atoms with Crippen LogP contribution in [0.5, 0.6) is 5.88 Å². The predicted octanol–water partition coefficient (Wildman–Crippen LogP) is 3.61. The highest BCUT2D eigenvalue weighted by Gasteiger charge is 2.35. The number of amides is 2. The Morgan fingerprint density at radius 2 is 1.89 bits per heavy atom. The molecule has 5 rings (SSSR count). The number of nitrogens with zero attached hydrogens (tertiary/aromatic N) is 3. The lowest BCUT2D eigenvalue weighted by Gasteiger charge is -2.41. The van der Waals surface area contributed by atoms with Gasteiger partial charge in [-0.2, -0.15) is 5.10 Å². The summed E-state index contributed by atoms with van der Waals surface area (Å²) in [6.45, 7) is 5.80. The largest absolute Gasteiger partial charge is 0.477 e. The summed E-state index contributed by atoms with van der Waals surface area (Å²) in [6.07, 6.45) is 15.8. The predicted molar refractivity (Wildman–Crippen MR) is 139 cm³/mol. The summed E-state index contributed by atoms with van der Waals surface area (Å²) in [4.78, 5) is 27.6. The zero-order valence-corrected chi connectivity index (χ0v) is 22.1. The molecule has 1 aliphatic heterocycles. The van der Waals surface area contributed by atoms with Gasteiger partial charge in [-0.3, -0.25) is 9.59 Å². The normalized spacial score (nSPS) is 28.1. The average molecular weight is 500 g/mol. The summed E-state index contributed by atoms with van der Waals surface area (Å²) in [5.74, 6) is 3.36. The standard InChI is InChI=1S/C28H45N5O3/c1-20(24-15-22-8-5-9-23(14-22)16-24)31-27(35)25-17-30-33(13-12-32-11-10-29-18-26(32)34)28(25)36-19-21-6-3-2-4-7-21/h17,20-24,29H,2-16,18-19H2,1H3,(H,31,35). The Balaban J connectivity index is 1.25. The molecule has 36 heavy (non-hydrogen) atoms. The second-order valence-electron chi connectivity index (χ2n) is 11.9. The molecule has 1 aromatic rings. The number of piperazine rings is 1. The monoisotopic (exact) mass is 499 g/mol. The Kier molecular flexibility index (Phi) is 8.50. The van der Waals surface area contributed by atoms with Crippen molar-refractivity contribution < 1.29 is 14.3 Å². The van der Waals surface area contributed by atoms with Gasteiger partial charge in [-0.05, 0) is 62.7 Å². The van der Waals surface area contributed by atoms with Crippen LogP contribution in [0.4, 0.5) is 0 Å². The van der Waals surface area contributed by atoms with E-state index in [0.29, 0.717) is 56.1 Å². The van der Waals surface area contributed by atoms with Crippen LogP contribution in [0.3, 0.4) is 0 Å². The minimum Gasteiger partial charge on any atom is -0.477 e. The van der Waals surface area contributed by atoms with Gasteiger partial charge < -0.3 is 20.3 Å². The van der Waals surface area contributed by atoms with Crippen LogP contribution in [-0.2, 0) is 11.3 Å². The Morgan fingerprint density at radius 3 is 2.64 bits per heavy atom. The van der Waals surface area contributed by atoms with Crippen molar-refractivity contribution in [1.29, 1.82) is 0 Å². The zero-order valence-electron chi connectivity index (χ0n) is 22.1. The van der Waals surface area contributed by atoms with Gasteiger partial charge in [0.15, 0.2) is 0 Å². The Hall–Kier alpha value is -2.09. The lowest BCUT2D eigenvalue weighted by molar-refractivity contribution is -0.132. The van der Waals surface area contributed by atoms with Crippen LogP contribution in [0.15, 0.2) is 6.20 Å². The summed E-state index contributed by atoms with van der Waals surface area (Å²) in [7, 11) is 0. The third kappa shape index (κ3) is 6.24. The van der Waals surface area contributed by atoms with Gasteiger partial charge in [0.2, 0.25) is 11.8 Å². The SMILES string of the molecule is CC(NC(=O)c1cnn(CCN2CCNCC2=O)c1OCC1CCCCC1)C1CC2CCCC(C2)C1. The topological polar surface area (TPSA) is 88.5 Å². The van der Waals surface area contributed by atoms with Gasteiger partial charge >= 0.3 is 0 Å². The van der Waals surface area contributed by atoms with E-state index in [1.807, 2.05) is 4.90 Å². The van der Waals surface area contributed by atoms with E-state index < -0.39 is 0 Å². The van der Waals surface area contributed by atoms with E-state index in [1.165, 1.54) is 70.6 Å². The molecule has 2 N–H and O–H groups in total. The summed E-state index contributed by atoms with van der Waals surface area (Å²) >= 11 is 0. The number of carbonyl (C=O) groups is 2. The second kappa shape index (κ2) is 12.0. The van der Waals surface area contributed by atoms with Crippen molar-refractivity contribution in [2.45, 2.75) is 90.1 Å². The van der Waals surface area contributed by atoms with E-state index in [-0.39, 0.29) is 17.9 Å². The number of hydrogen-bond donors (Lipinski definition) is 2. The molecule has 3 unspecified atom stereocenters. The second-order valence-corrected chi connectivity index (χ2v) is 11.9. The van der Waals surface area contributed by atoms with E-state index in [0.717, 1.165) is 18.4 Å². The lowest BCUT2D eigenvalue weighted by atomic mass is 9.66. The number of nitrogens with one attached hydrogen (secondary N) is 2. The summed E-state index contributed by atoms with van der Waals surface area (Å²) < 4.78 is 8.14. The minimum absolute atomic E-state index is 0.0821. The first-order valence-electron chi connectivity index (χ1n) is 14.5. The molecule has 2 bridgehead atoms. The van der Waals surface area contributed by atoms with Gasteiger partial charge in [0.25, 0.3) is 5.91 Å². The fraction of sp³-hybridized carbons (Fsp3) is 0.821. The van der Waals surface area contributed by atoms with Gasteiger partial charge in [0.05, 0.1) is 25.9 Å². The van der Waals surface area contributed by atoms with E-state index in [4.69, 9.17) is 4.74 Å². The van der Waals surface area contributed by atoms with Crippen LogP contribution in [-0.4, -0.2) is 65.3 Å².